The number of nitrogens with one attached hydrogen (secondary N) is 1. The highest BCUT2D eigenvalue weighted by Crippen LogP contribution is 2.21. The minimum absolute atomic E-state index is 0.194. The number of hydrogen-bond donors (Lipinski definition) is 1. The zero-order valence-corrected chi connectivity index (χ0v) is 17.5. The number of halogens is 2. The van der Waals surface area contributed by atoms with Crippen LogP contribution in [0.1, 0.15) is 21.5 Å². The van der Waals surface area contributed by atoms with Gasteiger partial charge in [0.15, 0.2) is 0 Å². The molecule has 2 aromatic heterocycles. The molecule has 0 spiro atoms. The molecule has 5 rings (SSSR count). The lowest BCUT2D eigenvalue weighted by Gasteiger charge is -2.14. The molecule has 164 valence electrons. The Balaban J connectivity index is 1.62. The number of carbonyl (C=O) groups excluding carboxylic acids is 1. The first-order chi connectivity index (χ1) is 15.9. The second-order valence-electron chi connectivity index (χ2n) is 7.76. The first kappa shape index (κ1) is 20.6. The number of hydrogen-bond acceptors (Lipinski definition) is 3. The van der Waals surface area contributed by atoms with E-state index in [0.29, 0.717) is 33.4 Å². The van der Waals surface area contributed by atoms with Crippen molar-refractivity contribution in [3.8, 4) is 0 Å². The molecule has 33 heavy (non-hydrogen) atoms. The largest absolute Gasteiger partial charge is 0.322 e. The fourth-order valence-electron chi connectivity index (χ4n) is 3.86. The van der Waals surface area contributed by atoms with Crippen LogP contribution < -0.4 is 10.9 Å². The second kappa shape index (κ2) is 7.98. The topological polar surface area (TPSA) is 68.4 Å². The van der Waals surface area contributed by atoms with Crippen LogP contribution >= 0.6 is 0 Å². The Labute approximate surface area is 186 Å². The zero-order chi connectivity index (χ0) is 23.1. The molecule has 1 amide bonds. The molecule has 0 radical (unpaired) electrons. The maximum Gasteiger partial charge on any atom is 0.277 e. The molecule has 0 saturated carbocycles. The SMILES string of the molecule is Cc1cc(F)ccc1NC(=O)c1ccc2c(c1)n(Cc1ccc(F)cc1)c(=O)c1ccnn12. The van der Waals surface area contributed by atoms with Gasteiger partial charge in [-0.3, -0.25) is 9.59 Å². The van der Waals surface area contributed by atoms with Gasteiger partial charge in [-0.05, 0) is 72.6 Å². The lowest BCUT2D eigenvalue weighted by Crippen LogP contribution is -2.24. The minimum atomic E-state index is -0.395. The Kier molecular flexibility index (Phi) is 4.97. The van der Waals surface area contributed by atoms with Crippen LogP contribution in [0, 0.1) is 18.6 Å². The van der Waals surface area contributed by atoms with Gasteiger partial charge in [-0.1, -0.05) is 12.1 Å². The van der Waals surface area contributed by atoms with Crippen molar-refractivity contribution in [2.24, 2.45) is 0 Å². The van der Waals surface area contributed by atoms with E-state index < -0.39 is 5.91 Å². The first-order valence-corrected chi connectivity index (χ1v) is 10.2. The highest BCUT2D eigenvalue weighted by molar-refractivity contribution is 6.06. The van der Waals surface area contributed by atoms with Crippen molar-refractivity contribution in [1.29, 1.82) is 0 Å². The third kappa shape index (κ3) is 3.76. The molecule has 1 N–H and O–H groups in total. The Hall–Kier alpha value is -4.33. The second-order valence-corrected chi connectivity index (χ2v) is 7.76. The van der Waals surface area contributed by atoms with E-state index in [2.05, 4.69) is 10.4 Å². The normalized spacial score (nSPS) is 11.2. The van der Waals surface area contributed by atoms with E-state index in [-0.39, 0.29) is 23.7 Å². The number of nitrogens with zero attached hydrogens (tertiary/aromatic N) is 3. The average Bonchev–Trinajstić information content (AvgIpc) is 3.30. The lowest BCUT2D eigenvalue weighted by atomic mass is 10.1. The summed E-state index contributed by atoms with van der Waals surface area (Å²) in [4.78, 5) is 26.2. The van der Waals surface area contributed by atoms with Gasteiger partial charge < -0.3 is 9.88 Å². The molecule has 0 aliphatic carbocycles. The third-order valence-electron chi connectivity index (χ3n) is 5.55. The maximum atomic E-state index is 13.4. The number of aryl methyl sites for hydroxylation is 1. The lowest BCUT2D eigenvalue weighted by molar-refractivity contribution is 0.102. The molecule has 3 aromatic carbocycles. The third-order valence-corrected chi connectivity index (χ3v) is 5.55. The summed E-state index contributed by atoms with van der Waals surface area (Å²) in [6.07, 6.45) is 1.54. The minimum Gasteiger partial charge on any atom is -0.322 e. The van der Waals surface area contributed by atoms with Gasteiger partial charge in [0, 0.05) is 11.3 Å². The highest BCUT2D eigenvalue weighted by atomic mass is 19.1. The molecule has 0 atom stereocenters. The summed E-state index contributed by atoms with van der Waals surface area (Å²) in [5.41, 5.74) is 3.41. The predicted molar refractivity (Wildman–Crippen MR) is 122 cm³/mol. The average molecular weight is 444 g/mol. The number of amides is 1. The summed E-state index contributed by atoms with van der Waals surface area (Å²) in [6.45, 7) is 1.90. The molecule has 0 aliphatic heterocycles. The van der Waals surface area contributed by atoms with E-state index in [1.807, 2.05) is 0 Å². The number of fused-ring (bicyclic) bond motifs is 3. The van der Waals surface area contributed by atoms with Crippen molar-refractivity contribution in [1.82, 2.24) is 14.2 Å². The van der Waals surface area contributed by atoms with Crippen LogP contribution in [0.4, 0.5) is 14.5 Å². The van der Waals surface area contributed by atoms with Gasteiger partial charge in [0.05, 0.1) is 23.8 Å². The molecule has 0 aliphatic rings. The van der Waals surface area contributed by atoms with Crippen molar-refractivity contribution in [2.45, 2.75) is 13.5 Å². The van der Waals surface area contributed by atoms with E-state index in [1.54, 1.807) is 47.9 Å². The van der Waals surface area contributed by atoms with Gasteiger partial charge in [-0.25, -0.2) is 13.3 Å². The molecule has 2 heterocycles. The molecule has 0 saturated heterocycles. The molecular weight excluding hydrogens is 426 g/mol. The Morgan fingerprint density at radius 3 is 2.42 bits per heavy atom. The monoisotopic (exact) mass is 444 g/mol. The van der Waals surface area contributed by atoms with Crippen LogP contribution in [0.5, 0.6) is 0 Å². The van der Waals surface area contributed by atoms with E-state index in [0.717, 1.165) is 5.56 Å². The first-order valence-electron chi connectivity index (χ1n) is 10.2. The van der Waals surface area contributed by atoms with Crippen molar-refractivity contribution in [3.63, 3.8) is 0 Å². The summed E-state index contributed by atoms with van der Waals surface area (Å²) in [7, 11) is 0. The van der Waals surface area contributed by atoms with Gasteiger partial charge in [0.1, 0.15) is 17.2 Å². The fraction of sp³-hybridized carbons (Fsp3) is 0.0800. The standard InChI is InChI=1S/C25H18F2N4O2/c1-15-12-19(27)7-8-20(15)29-24(32)17-4-9-21-23(13-17)30(14-16-2-5-18(26)6-3-16)25(33)22-10-11-28-31(21)22/h2-13H,14H2,1H3,(H,29,32). The van der Waals surface area contributed by atoms with E-state index in [4.69, 9.17) is 0 Å². The van der Waals surface area contributed by atoms with Crippen LogP contribution in [0.3, 0.4) is 0 Å². The van der Waals surface area contributed by atoms with Gasteiger partial charge in [0.25, 0.3) is 11.5 Å². The van der Waals surface area contributed by atoms with Crippen LogP contribution in [-0.2, 0) is 6.54 Å². The number of rotatable bonds is 4. The number of aromatic nitrogens is 3. The van der Waals surface area contributed by atoms with Crippen molar-refractivity contribution in [3.05, 3.63) is 112 Å². The maximum absolute atomic E-state index is 13.4. The van der Waals surface area contributed by atoms with E-state index in [1.165, 1.54) is 41.0 Å². The van der Waals surface area contributed by atoms with Gasteiger partial charge in [-0.2, -0.15) is 5.10 Å². The molecule has 0 fully saturated rings. The Bertz CT molecular complexity index is 1590. The number of carbonyl (C=O) groups is 1. The molecular formula is C25H18F2N4O2. The molecule has 0 unspecified atom stereocenters. The summed E-state index contributed by atoms with van der Waals surface area (Å²) in [5.74, 6) is -1.14. The smallest absolute Gasteiger partial charge is 0.277 e. The van der Waals surface area contributed by atoms with E-state index >= 15 is 0 Å². The highest BCUT2D eigenvalue weighted by Gasteiger charge is 2.15. The molecule has 6 nitrogen and oxygen atoms in total. The van der Waals surface area contributed by atoms with Crippen molar-refractivity contribution in [2.75, 3.05) is 5.32 Å². The predicted octanol–water partition coefficient (Wildman–Crippen LogP) is 4.54. The van der Waals surface area contributed by atoms with Gasteiger partial charge in [-0.15, -0.1) is 0 Å². The molecule has 8 heteroatoms. The summed E-state index contributed by atoms with van der Waals surface area (Å²) in [5, 5.41) is 7.03. The van der Waals surface area contributed by atoms with Crippen molar-refractivity contribution < 1.29 is 13.6 Å². The number of benzene rings is 3. The summed E-state index contributed by atoms with van der Waals surface area (Å²) >= 11 is 0. The van der Waals surface area contributed by atoms with Crippen LogP contribution in [0.2, 0.25) is 0 Å². The fourth-order valence-corrected chi connectivity index (χ4v) is 3.86. The quantitative estimate of drug-likeness (QED) is 0.443. The summed E-state index contributed by atoms with van der Waals surface area (Å²) < 4.78 is 29.8. The Morgan fingerprint density at radius 1 is 0.909 bits per heavy atom. The van der Waals surface area contributed by atoms with Crippen molar-refractivity contribution >= 4 is 28.1 Å². The Morgan fingerprint density at radius 2 is 1.67 bits per heavy atom. The van der Waals surface area contributed by atoms with Crippen LogP contribution in [0.25, 0.3) is 16.6 Å². The van der Waals surface area contributed by atoms with E-state index in [9.17, 15) is 18.4 Å². The summed E-state index contributed by atoms with van der Waals surface area (Å²) in [6, 6.07) is 16.6. The van der Waals surface area contributed by atoms with Gasteiger partial charge in [0.2, 0.25) is 0 Å². The number of anilines is 1. The zero-order valence-electron chi connectivity index (χ0n) is 17.5. The van der Waals surface area contributed by atoms with Crippen LogP contribution in [-0.4, -0.2) is 20.1 Å². The van der Waals surface area contributed by atoms with Crippen LogP contribution in [0.15, 0.2) is 77.7 Å². The molecule has 5 aromatic rings. The van der Waals surface area contributed by atoms with Gasteiger partial charge >= 0.3 is 0 Å². The molecule has 0 bridgehead atoms.